The molecule has 0 aliphatic heterocycles. The fraction of sp³-hybridized carbons (Fsp3) is 0.625. The van der Waals surface area contributed by atoms with Gasteiger partial charge in [0.2, 0.25) is 10.0 Å². The summed E-state index contributed by atoms with van der Waals surface area (Å²) in [6, 6.07) is 7.37. The lowest BCUT2D eigenvalue weighted by atomic mass is 10.0. The summed E-state index contributed by atoms with van der Waals surface area (Å²) < 4.78 is 27.6. The Hall–Kier alpha value is -0.910. The van der Waals surface area contributed by atoms with E-state index in [4.69, 9.17) is 0 Å². The molecule has 120 valence electrons. The largest absolute Gasteiger partial charge is 0.310 e. The highest BCUT2D eigenvalue weighted by Crippen LogP contribution is 2.20. The first-order valence-electron chi connectivity index (χ1n) is 7.80. The van der Waals surface area contributed by atoms with Crippen LogP contribution in [0.1, 0.15) is 58.6 Å². The Morgan fingerprint density at radius 1 is 1.19 bits per heavy atom. The SMILES string of the molecule is CCCC(C)NS(=O)(=O)c1cccc(C(CC)NCC)c1. The third-order valence-electron chi connectivity index (χ3n) is 3.51. The van der Waals surface area contributed by atoms with Gasteiger partial charge >= 0.3 is 0 Å². The van der Waals surface area contributed by atoms with Crippen LogP contribution in [0.15, 0.2) is 29.2 Å². The molecular formula is C16H28N2O2S. The first-order valence-corrected chi connectivity index (χ1v) is 9.28. The molecule has 1 rings (SSSR count). The quantitative estimate of drug-likeness (QED) is 0.736. The fourth-order valence-corrected chi connectivity index (χ4v) is 3.80. The predicted octanol–water partition coefficient (Wildman–Crippen LogP) is 3.21. The van der Waals surface area contributed by atoms with Crippen molar-refractivity contribution in [2.75, 3.05) is 6.54 Å². The van der Waals surface area contributed by atoms with E-state index in [1.165, 1.54) is 0 Å². The van der Waals surface area contributed by atoms with Gasteiger partial charge in [-0.2, -0.15) is 0 Å². The smallest absolute Gasteiger partial charge is 0.240 e. The Labute approximate surface area is 129 Å². The molecule has 0 saturated carbocycles. The minimum Gasteiger partial charge on any atom is -0.310 e. The molecule has 0 aliphatic rings. The van der Waals surface area contributed by atoms with Gasteiger partial charge in [-0.1, -0.05) is 39.3 Å². The molecule has 2 atom stereocenters. The Morgan fingerprint density at radius 2 is 1.90 bits per heavy atom. The van der Waals surface area contributed by atoms with Crippen molar-refractivity contribution in [3.63, 3.8) is 0 Å². The first-order chi connectivity index (χ1) is 9.94. The number of hydrogen-bond donors (Lipinski definition) is 2. The van der Waals surface area contributed by atoms with Crippen LogP contribution in [-0.2, 0) is 10.0 Å². The summed E-state index contributed by atoms with van der Waals surface area (Å²) >= 11 is 0. The van der Waals surface area contributed by atoms with Crippen LogP contribution in [0.2, 0.25) is 0 Å². The Balaban J connectivity index is 2.97. The van der Waals surface area contributed by atoms with Gasteiger partial charge in [-0.15, -0.1) is 0 Å². The van der Waals surface area contributed by atoms with Crippen molar-refractivity contribution >= 4 is 10.0 Å². The van der Waals surface area contributed by atoms with Crippen molar-refractivity contribution in [2.24, 2.45) is 0 Å². The zero-order chi connectivity index (χ0) is 15.9. The van der Waals surface area contributed by atoms with Crippen molar-refractivity contribution in [3.8, 4) is 0 Å². The lowest BCUT2D eigenvalue weighted by Gasteiger charge is -2.18. The third-order valence-corrected chi connectivity index (χ3v) is 5.09. The molecule has 21 heavy (non-hydrogen) atoms. The second-order valence-electron chi connectivity index (χ2n) is 5.40. The summed E-state index contributed by atoms with van der Waals surface area (Å²) in [4.78, 5) is 0.347. The maximum absolute atomic E-state index is 12.4. The van der Waals surface area contributed by atoms with Gasteiger partial charge in [-0.25, -0.2) is 13.1 Å². The van der Waals surface area contributed by atoms with Crippen LogP contribution >= 0.6 is 0 Å². The van der Waals surface area contributed by atoms with Crippen molar-refractivity contribution in [1.82, 2.24) is 10.0 Å². The molecule has 1 aromatic carbocycles. The van der Waals surface area contributed by atoms with E-state index < -0.39 is 10.0 Å². The maximum atomic E-state index is 12.4. The summed E-state index contributed by atoms with van der Waals surface area (Å²) in [6.45, 7) is 8.96. The van der Waals surface area contributed by atoms with Gasteiger partial charge in [-0.05, 0) is 44.0 Å². The van der Waals surface area contributed by atoms with Crippen LogP contribution in [0.4, 0.5) is 0 Å². The summed E-state index contributed by atoms with van der Waals surface area (Å²) in [5, 5.41) is 3.37. The molecule has 0 fully saturated rings. The summed E-state index contributed by atoms with van der Waals surface area (Å²) in [5.41, 5.74) is 1.02. The van der Waals surface area contributed by atoms with Crippen LogP contribution in [0.3, 0.4) is 0 Å². The monoisotopic (exact) mass is 312 g/mol. The van der Waals surface area contributed by atoms with E-state index in [-0.39, 0.29) is 12.1 Å². The van der Waals surface area contributed by atoms with Crippen LogP contribution in [0.25, 0.3) is 0 Å². The van der Waals surface area contributed by atoms with Gasteiger partial charge in [0.25, 0.3) is 0 Å². The van der Waals surface area contributed by atoms with Crippen molar-refractivity contribution in [3.05, 3.63) is 29.8 Å². The van der Waals surface area contributed by atoms with Gasteiger partial charge < -0.3 is 5.32 Å². The van der Waals surface area contributed by atoms with E-state index in [1.54, 1.807) is 12.1 Å². The molecule has 5 heteroatoms. The zero-order valence-electron chi connectivity index (χ0n) is 13.5. The van der Waals surface area contributed by atoms with Gasteiger partial charge in [0.1, 0.15) is 0 Å². The number of sulfonamides is 1. The molecule has 0 spiro atoms. The van der Waals surface area contributed by atoms with Crippen LogP contribution in [0, 0.1) is 0 Å². The molecular weight excluding hydrogens is 284 g/mol. The van der Waals surface area contributed by atoms with Crippen molar-refractivity contribution < 1.29 is 8.42 Å². The van der Waals surface area contributed by atoms with Crippen molar-refractivity contribution in [1.29, 1.82) is 0 Å². The predicted molar refractivity (Wildman–Crippen MR) is 87.8 cm³/mol. The highest BCUT2D eigenvalue weighted by molar-refractivity contribution is 7.89. The third kappa shape index (κ3) is 5.41. The topological polar surface area (TPSA) is 58.2 Å². The highest BCUT2D eigenvalue weighted by atomic mass is 32.2. The zero-order valence-corrected chi connectivity index (χ0v) is 14.3. The van der Waals surface area contributed by atoms with E-state index in [0.717, 1.165) is 31.4 Å². The second-order valence-corrected chi connectivity index (χ2v) is 7.12. The number of benzene rings is 1. The van der Waals surface area contributed by atoms with E-state index in [0.29, 0.717) is 4.90 Å². The van der Waals surface area contributed by atoms with Gasteiger partial charge in [0.05, 0.1) is 4.90 Å². The molecule has 0 heterocycles. The molecule has 0 saturated heterocycles. The second kappa shape index (κ2) is 8.51. The molecule has 4 nitrogen and oxygen atoms in total. The highest BCUT2D eigenvalue weighted by Gasteiger charge is 2.18. The van der Waals surface area contributed by atoms with Gasteiger partial charge in [-0.3, -0.25) is 0 Å². The van der Waals surface area contributed by atoms with Gasteiger partial charge in [0.15, 0.2) is 0 Å². The number of nitrogens with one attached hydrogen (secondary N) is 2. The minimum absolute atomic E-state index is 0.0422. The molecule has 0 aromatic heterocycles. The average molecular weight is 312 g/mol. The van der Waals surface area contributed by atoms with Crippen LogP contribution < -0.4 is 10.0 Å². The summed E-state index contributed by atoms with van der Waals surface area (Å²) in [6.07, 6.45) is 2.73. The molecule has 2 unspecified atom stereocenters. The molecule has 0 bridgehead atoms. The number of rotatable bonds is 9. The molecule has 0 radical (unpaired) electrons. The van der Waals surface area contributed by atoms with E-state index >= 15 is 0 Å². The van der Waals surface area contributed by atoms with Crippen LogP contribution in [-0.4, -0.2) is 21.0 Å². The molecule has 0 aliphatic carbocycles. The summed E-state index contributed by atoms with van der Waals surface area (Å²) in [7, 11) is -3.44. The lowest BCUT2D eigenvalue weighted by molar-refractivity contribution is 0.533. The average Bonchev–Trinajstić information content (AvgIpc) is 2.44. The first kappa shape index (κ1) is 18.1. The molecule has 2 N–H and O–H groups in total. The standard InChI is InChI=1S/C16H28N2O2S/c1-5-9-13(4)18-21(19,20)15-11-8-10-14(12-15)16(6-2)17-7-3/h8,10-13,16-18H,5-7,9H2,1-4H3. The Bertz CT molecular complexity index is 529. The number of hydrogen-bond acceptors (Lipinski definition) is 3. The van der Waals surface area contributed by atoms with Gasteiger partial charge in [0, 0.05) is 12.1 Å². The minimum atomic E-state index is -3.44. The van der Waals surface area contributed by atoms with E-state index in [9.17, 15) is 8.42 Å². The lowest BCUT2D eigenvalue weighted by Crippen LogP contribution is -2.32. The molecule has 0 amide bonds. The van der Waals surface area contributed by atoms with Crippen LogP contribution in [0.5, 0.6) is 0 Å². The fourth-order valence-electron chi connectivity index (χ4n) is 2.47. The van der Waals surface area contributed by atoms with E-state index in [2.05, 4.69) is 23.9 Å². The Kier molecular flexibility index (Phi) is 7.35. The Morgan fingerprint density at radius 3 is 2.48 bits per heavy atom. The van der Waals surface area contributed by atoms with E-state index in [1.807, 2.05) is 26.0 Å². The normalized spacial score (nSPS) is 14.9. The van der Waals surface area contributed by atoms with Crippen molar-refractivity contribution in [2.45, 2.75) is 63.9 Å². The molecule has 1 aromatic rings. The summed E-state index contributed by atoms with van der Waals surface area (Å²) in [5.74, 6) is 0. The maximum Gasteiger partial charge on any atom is 0.240 e.